The molecule has 0 spiro atoms. The summed E-state index contributed by atoms with van der Waals surface area (Å²) in [4.78, 5) is 13.6. The SMILES string of the molecule is O=C(O)c1ccc(CN2C[C@@H]3CC[C@H]2Cc2ccccc2C3)cc1. The summed E-state index contributed by atoms with van der Waals surface area (Å²) >= 11 is 0. The zero-order valence-corrected chi connectivity index (χ0v) is 13.8. The van der Waals surface area contributed by atoms with Gasteiger partial charge in [0.25, 0.3) is 0 Å². The average Bonchev–Trinajstić information content (AvgIpc) is 2.56. The van der Waals surface area contributed by atoms with E-state index in [1.54, 1.807) is 12.1 Å². The number of hydrogen-bond acceptors (Lipinski definition) is 2. The number of rotatable bonds is 3. The van der Waals surface area contributed by atoms with Crippen LogP contribution >= 0.6 is 0 Å². The molecule has 2 bridgehead atoms. The Morgan fingerprint density at radius 3 is 2.42 bits per heavy atom. The standard InChI is InChI=1S/C21H23NO2/c23-21(24)17-8-5-15(6-9-17)13-22-14-16-7-10-20(22)12-19-4-2-1-3-18(19)11-16/h1-6,8-9,16,20H,7,10-14H2,(H,23,24)/t16-,20+/m1/s1. The minimum absolute atomic E-state index is 0.363. The third kappa shape index (κ3) is 3.09. The fourth-order valence-corrected chi connectivity index (χ4v) is 4.28. The van der Waals surface area contributed by atoms with Gasteiger partial charge in [-0.15, -0.1) is 0 Å². The Balaban J connectivity index is 1.53. The minimum Gasteiger partial charge on any atom is -0.478 e. The second-order valence-corrected chi connectivity index (χ2v) is 7.21. The molecule has 2 aromatic rings. The smallest absolute Gasteiger partial charge is 0.335 e. The second kappa shape index (κ2) is 6.40. The largest absolute Gasteiger partial charge is 0.478 e. The van der Waals surface area contributed by atoms with Crippen LogP contribution in [0.4, 0.5) is 0 Å². The molecular formula is C21H23NO2. The Hall–Kier alpha value is -2.13. The van der Waals surface area contributed by atoms with Crippen molar-refractivity contribution in [1.29, 1.82) is 0 Å². The summed E-state index contributed by atoms with van der Waals surface area (Å²) in [6.07, 6.45) is 4.92. The summed E-state index contributed by atoms with van der Waals surface area (Å²) in [6.45, 7) is 2.07. The Bertz CT molecular complexity index is 738. The number of aromatic carboxylic acids is 1. The van der Waals surface area contributed by atoms with E-state index in [0.29, 0.717) is 11.6 Å². The summed E-state index contributed by atoms with van der Waals surface area (Å²) in [7, 11) is 0. The summed E-state index contributed by atoms with van der Waals surface area (Å²) in [5.74, 6) is -0.121. The van der Waals surface area contributed by atoms with E-state index in [0.717, 1.165) is 25.4 Å². The van der Waals surface area contributed by atoms with Gasteiger partial charge in [-0.05, 0) is 60.4 Å². The highest BCUT2D eigenvalue weighted by Crippen LogP contribution is 2.33. The predicted molar refractivity (Wildman–Crippen MR) is 94.2 cm³/mol. The van der Waals surface area contributed by atoms with Gasteiger partial charge in [-0.3, -0.25) is 4.90 Å². The van der Waals surface area contributed by atoms with Crippen molar-refractivity contribution in [2.24, 2.45) is 5.92 Å². The van der Waals surface area contributed by atoms with E-state index in [1.807, 2.05) is 12.1 Å². The highest BCUT2D eigenvalue weighted by molar-refractivity contribution is 5.87. The highest BCUT2D eigenvalue weighted by Gasteiger charge is 2.31. The molecule has 0 aromatic heterocycles. The number of carbonyl (C=O) groups is 1. The normalized spacial score (nSPS) is 23.3. The zero-order chi connectivity index (χ0) is 16.5. The average molecular weight is 321 g/mol. The lowest BCUT2D eigenvalue weighted by Gasteiger charge is -2.42. The van der Waals surface area contributed by atoms with Gasteiger partial charge >= 0.3 is 5.97 Å². The van der Waals surface area contributed by atoms with E-state index < -0.39 is 5.97 Å². The van der Waals surface area contributed by atoms with Crippen molar-refractivity contribution < 1.29 is 9.90 Å². The van der Waals surface area contributed by atoms with Gasteiger partial charge in [-0.25, -0.2) is 4.79 Å². The van der Waals surface area contributed by atoms with Crippen LogP contribution in [0.1, 0.15) is 39.9 Å². The molecule has 1 fully saturated rings. The Morgan fingerprint density at radius 1 is 1.00 bits per heavy atom. The first-order valence-electron chi connectivity index (χ1n) is 8.82. The first kappa shape index (κ1) is 15.4. The van der Waals surface area contributed by atoms with Crippen molar-refractivity contribution in [3.05, 3.63) is 70.8 Å². The zero-order valence-electron chi connectivity index (χ0n) is 13.8. The summed E-state index contributed by atoms with van der Waals surface area (Å²) in [5, 5.41) is 9.03. The summed E-state index contributed by atoms with van der Waals surface area (Å²) in [6, 6.07) is 16.9. The lowest BCUT2D eigenvalue weighted by atomic mass is 9.80. The molecule has 1 saturated heterocycles. The molecule has 1 aliphatic carbocycles. The van der Waals surface area contributed by atoms with E-state index in [4.69, 9.17) is 5.11 Å². The molecule has 3 heteroatoms. The Kier molecular flexibility index (Phi) is 4.11. The Labute approximate surface area is 142 Å². The van der Waals surface area contributed by atoms with Crippen molar-refractivity contribution in [3.63, 3.8) is 0 Å². The monoisotopic (exact) mass is 321 g/mol. The molecule has 1 N–H and O–H groups in total. The first-order chi connectivity index (χ1) is 11.7. The van der Waals surface area contributed by atoms with Crippen molar-refractivity contribution in [1.82, 2.24) is 4.90 Å². The molecule has 3 nitrogen and oxygen atoms in total. The molecule has 2 atom stereocenters. The quantitative estimate of drug-likeness (QED) is 0.935. The summed E-state index contributed by atoms with van der Waals surface area (Å²) < 4.78 is 0. The predicted octanol–water partition coefficient (Wildman–Crippen LogP) is 3.76. The number of carboxylic acid groups (broad SMARTS) is 1. The Morgan fingerprint density at radius 2 is 1.71 bits per heavy atom. The molecule has 2 heterocycles. The highest BCUT2D eigenvalue weighted by atomic mass is 16.4. The van der Waals surface area contributed by atoms with Crippen molar-refractivity contribution in [2.75, 3.05) is 6.54 Å². The van der Waals surface area contributed by atoms with E-state index in [1.165, 1.54) is 36.0 Å². The molecule has 24 heavy (non-hydrogen) atoms. The van der Waals surface area contributed by atoms with Crippen molar-refractivity contribution >= 4 is 5.97 Å². The van der Waals surface area contributed by atoms with Crippen molar-refractivity contribution in [2.45, 2.75) is 38.3 Å². The third-order valence-electron chi connectivity index (χ3n) is 5.59. The van der Waals surface area contributed by atoms with E-state index in [9.17, 15) is 4.79 Å². The van der Waals surface area contributed by atoms with Gasteiger partial charge in [0.15, 0.2) is 0 Å². The molecular weight excluding hydrogens is 298 g/mol. The van der Waals surface area contributed by atoms with Crippen LogP contribution in [-0.2, 0) is 19.4 Å². The van der Waals surface area contributed by atoms with E-state index >= 15 is 0 Å². The van der Waals surface area contributed by atoms with Gasteiger partial charge < -0.3 is 5.11 Å². The molecule has 0 unspecified atom stereocenters. The molecule has 0 radical (unpaired) electrons. The third-order valence-corrected chi connectivity index (χ3v) is 5.59. The van der Waals surface area contributed by atoms with Gasteiger partial charge in [-0.2, -0.15) is 0 Å². The van der Waals surface area contributed by atoms with Crippen LogP contribution in [0.2, 0.25) is 0 Å². The van der Waals surface area contributed by atoms with Gasteiger partial charge in [-0.1, -0.05) is 36.4 Å². The molecule has 124 valence electrons. The maximum atomic E-state index is 11.0. The number of benzene rings is 2. The number of fused-ring (bicyclic) bond motifs is 2. The number of nitrogens with zero attached hydrogens (tertiary/aromatic N) is 1. The van der Waals surface area contributed by atoms with Gasteiger partial charge in [0.2, 0.25) is 0 Å². The fourth-order valence-electron chi connectivity index (χ4n) is 4.28. The van der Waals surface area contributed by atoms with Crippen LogP contribution in [0.25, 0.3) is 0 Å². The minimum atomic E-state index is -0.858. The molecule has 2 aliphatic heterocycles. The first-order valence-corrected chi connectivity index (χ1v) is 8.82. The van der Waals surface area contributed by atoms with Gasteiger partial charge in [0.05, 0.1) is 5.56 Å². The van der Waals surface area contributed by atoms with Gasteiger partial charge in [0, 0.05) is 19.1 Å². The fraction of sp³-hybridized carbons (Fsp3) is 0.381. The molecule has 0 amide bonds. The molecule has 3 aliphatic rings. The molecule has 5 rings (SSSR count). The van der Waals surface area contributed by atoms with Crippen LogP contribution in [0, 0.1) is 5.92 Å². The van der Waals surface area contributed by atoms with E-state index in [-0.39, 0.29) is 0 Å². The van der Waals surface area contributed by atoms with Crippen molar-refractivity contribution in [3.8, 4) is 0 Å². The topological polar surface area (TPSA) is 40.5 Å². The van der Waals surface area contributed by atoms with Crippen LogP contribution in [-0.4, -0.2) is 28.6 Å². The number of hydrogen-bond donors (Lipinski definition) is 1. The molecule has 0 saturated carbocycles. The summed E-state index contributed by atoms with van der Waals surface area (Å²) in [5.41, 5.74) is 4.62. The maximum absolute atomic E-state index is 11.0. The number of carboxylic acids is 1. The maximum Gasteiger partial charge on any atom is 0.335 e. The lowest BCUT2D eigenvalue weighted by molar-refractivity contribution is 0.0696. The van der Waals surface area contributed by atoms with Crippen LogP contribution in [0.3, 0.4) is 0 Å². The lowest BCUT2D eigenvalue weighted by Crippen LogP contribution is -2.46. The van der Waals surface area contributed by atoms with Crippen LogP contribution < -0.4 is 0 Å². The van der Waals surface area contributed by atoms with Gasteiger partial charge in [0.1, 0.15) is 0 Å². The van der Waals surface area contributed by atoms with Crippen LogP contribution in [0.15, 0.2) is 48.5 Å². The van der Waals surface area contributed by atoms with E-state index in [2.05, 4.69) is 29.2 Å². The molecule has 2 aromatic carbocycles. The second-order valence-electron chi connectivity index (χ2n) is 7.21. The van der Waals surface area contributed by atoms with Crippen LogP contribution in [0.5, 0.6) is 0 Å². The number of piperidine rings is 1.